The Kier molecular flexibility index (Phi) is 5.47. The summed E-state index contributed by atoms with van der Waals surface area (Å²) in [6.07, 6.45) is 2.97. The van der Waals surface area contributed by atoms with Crippen LogP contribution in [0.5, 0.6) is 0 Å². The number of carbonyl (C=O) groups is 1. The molecular formula is C18H19NO3S. The molecular weight excluding hydrogens is 310 g/mol. The van der Waals surface area contributed by atoms with Crippen LogP contribution in [0.3, 0.4) is 0 Å². The van der Waals surface area contributed by atoms with E-state index in [1.807, 2.05) is 13.0 Å². The topological polar surface area (TPSA) is 63.2 Å². The second-order valence-corrected chi connectivity index (χ2v) is 6.89. The first kappa shape index (κ1) is 17.1. The molecule has 5 heteroatoms. The fourth-order valence-electron chi connectivity index (χ4n) is 2.14. The summed E-state index contributed by atoms with van der Waals surface area (Å²) in [6, 6.07) is 14.4. The molecule has 0 aliphatic heterocycles. The number of carbonyl (C=O) groups excluding carboxylic acids is 1. The van der Waals surface area contributed by atoms with Gasteiger partial charge in [0.15, 0.2) is 5.78 Å². The fraction of sp³-hybridized carbons (Fsp3) is 0.167. The van der Waals surface area contributed by atoms with E-state index in [0.29, 0.717) is 5.56 Å². The summed E-state index contributed by atoms with van der Waals surface area (Å²) >= 11 is 0. The Morgan fingerprint density at radius 2 is 1.65 bits per heavy atom. The van der Waals surface area contributed by atoms with E-state index < -0.39 is 16.1 Å². The Morgan fingerprint density at radius 1 is 1.04 bits per heavy atom. The molecule has 0 aliphatic carbocycles. The maximum atomic E-state index is 12.5. The molecule has 0 aliphatic rings. The average molecular weight is 329 g/mol. The van der Waals surface area contributed by atoms with E-state index in [2.05, 4.69) is 4.72 Å². The Morgan fingerprint density at radius 3 is 2.22 bits per heavy atom. The van der Waals surface area contributed by atoms with Gasteiger partial charge >= 0.3 is 0 Å². The first-order chi connectivity index (χ1) is 10.9. The lowest BCUT2D eigenvalue weighted by atomic mass is 10.0. The van der Waals surface area contributed by atoms with Gasteiger partial charge in [-0.25, -0.2) is 8.42 Å². The summed E-state index contributed by atoms with van der Waals surface area (Å²) in [5, 5.41) is 0. The van der Waals surface area contributed by atoms with Gasteiger partial charge in [-0.3, -0.25) is 4.79 Å². The number of hydrogen-bond acceptors (Lipinski definition) is 3. The van der Waals surface area contributed by atoms with Crippen molar-refractivity contribution in [3.8, 4) is 0 Å². The standard InChI is InChI=1S/C18H19NO3S/c1-3-7-17(20)18(15-8-5-4-6-9-15)19-23(21,22)16-12-10-14(2)11-13-16/h3-13,18-19H,1-2H3/b7-3+. The third-order valence-electron chi connectivity index (χ3n) is 3.35. The SMILES string of the molecule is C/C=C/C(=O)C(NS(=O)(=O)c1ccc(C)cc1)c1ccccc1. The van der Waals surface area contributed by atoms with Crippen molar-refractivity contribution in [1.29, 1.82) is 0 Å². The number of hydrogen-bond donors (Lipinski definition) is 1. The Bertz CT molecular complexity index is 794. The Labute approximate surface area is 136 Å². The van der Waals surface area contributed by atoms with E-state index in [1.165, 1.54) is 18.2 Å². The van der Waals surface area contributed by atoms with Crippen molar-refractivity contribution in [3.05, 3.63) is 77.9 Å². The summed E-state index contributed by atoms with van der Waals surface area (Å²) in [7, 11) is -3.79. The maximum absolute atomic E-state index is 12.5. The number of rotatable bonds is 6. The van der Waals surface area contributed by atoms with E-state index in [9.17, 15) is 13.2 Å². The second kappa shape index (κ2) is 7.35. The molecule has 23 heavy (non-hydrogen) atoms. The number of ketones is 1. The second-order valence-electron chi connectivity index (χ2n) is 5.18. The van der Waals surface area contributed by atoms with Gasteiger partial charge in [-0.05, 0) is 37.6 Å². The van der Waals surface area contributed by atoms with Crippen molar-refractivity contribution in [2.24, 2.45) is 0 Å². The molecule has 0 saturated heterocycles. The van der Waals surface area contributed by atoms with Crippen LogP contribution >= 0.6 is 0 Å². The molecule has 120 valence electrons. The molecule has 0 fully saturated rings. The third kappa shape index (κ3) is 4.37. The molecule has 0 saturated carbocycles. The Hall–Kier alpha value is -2.24. The lowest BCUT2D eigenvalue weighted by Gasteiger charge is -2.17. The van der Waals surface area contributed by atoms with E-state index in [0.717, 1.165) is 5.56 Å². The van der Waals surface area contributed by atoms with Crippen LogP contribution in [-0.4, -0.2) is 14.2 Å². The van der Waals surface area contributed by atoms with Gasteiger partial charge in [0.25, 0.3) is 0 Å². The molecule has 1 atom stereocenters. The molecule has 0 radical (unpaired) electrons. The highest BCUT2D eigenvalue weighted by atomic mass is 32.2. The van der Waals surface area contributed by atoms with Crippen LogP contribution < -0.4 is 4.72 Å². The molecule has 0 spiro atoms. The molecule has 2 aromatic rings. The summed E-state index contributed by atoms with van der Waals surface area (Å²) in [4.78, 5) is 12.4. The quantitative estimate of drug-likeness (QED) is 0.828. The van der Waals surface area contributed by atoms with Gasteiger partial charge in [-0.2, -0.15) is 4.72 Å². The number of allylic oxidation sites excluding steroid dienone is 1. The molecule has 0 bridgehead atoms. The van der Waals surface area contributed by atoms with Gasteiger partial charge < -0.3 is 0 Å². The highest BCUT2D eigenvalue weighted by Gasteiger charge is 2.25. The summed E-state index contributed by atoms with van der Waals surface area (Å²) in [5.41, 5.74) is 1.57. The van der Waals surface area contributed by atoms with Crippen LogP contribution in [0.4, 0.5) is 0 Å². The van der Waals surface area contributed by atoms with E-state index in [-0.39, 0.29) is 10.7 Å². The van der Waals surface area contributed by atoms with Crippen molar-refractivity contribution in [1.82, 2.24) is 4.72 Å². The minimum Gasteiger partial charge on any atom is -0.293 e. The van der Waals surface area contributed by atoms with Gasteiger partial charge in [0.1, 0.15) is 6.04 Å². The third-order valence-corrected chi connectivity index (χ3v) is 4.79. The first-order valence-corrected chi connectivity index (χ1v) is 8.73. The molecule has 2 rings (SSSR count). The van der Waals surface area contributed by atoms with Crippen LogP contribution in [0, 0.1) is 6.92 Å². The smallest absolute Gasteiger partial charge is 0.241 e. The zero-order valence-corrected chi connectivity index (χ0v) is 13.9. The molecule has 0 heterocycles. The molecule has 1 N–H and O–H groups in total. The van der Waals surface area contributed by atoms with Crippen LogP contribution in [0.1, 0.15) is 24.1 Å². The molecule has 2 aromatic carbocycles. The van der Waals surface area contributed by atoms with Crippen LogP contribution in [0.25, 0.3) is 0 Å². The number of sulfonamides is 1. The van der Waals surface area contributed by atoms with E-state index in [4.69, 9.17) is 0 Å². The van der Waals surface area contributed by atoms with Gasteiger partial charge in [-0.15, -0.1) is 0 Å². The maximum Gasteiger partial charge on any atom is 0.241 e. The largest absolute Gasteiger partial charge is 0.293 e. The van der Waals surface area contributed by atoms with Crippen LogP contribution in [0.2, 0.25) is 0 Å². The fourth-order valence-corrected chi connectivity index (χ4v) is 3.33. The molecule has 1 unspecified atom stereocenters. The molecule has 0 aromatic heterocycles. The van der Waals surface area contributed by atoms with Gasteiger partial charge in [0.2, 0.25) is 10.0 Å². The van der Waals surface area contributed by atoms with Crippen molar-refractivity contribution in [3.63, 3.8) is 0 Å². The Balaban J connectivity index is 2.37. The highest BCUT2D eigenvalue weighted by molar-refractivity contribution is 7.89. The number of benzene rings is 2. The number of nitrogens with one attached hydrogen (secondary N) is 1. The highest BCUT2D eigenvalue weighted by Crippen LogP contribution is 2.19. The zero-order chi connectivity index (χ0) is 16.9. The summed E-state index contributed by atoms with van der Waals surface area (Å²) in [6.45, 7) is 3.60. The zero-order valence-electron chi connectivity index (χ0n) is 13.1. The van der Waals surface area contributed by atoms with Crippen LogP contribution in [-0.2, 0) is 14.8 Å². The molecule has 4 nitrogen and oxygen atoms in total. The lowest BCUT2D eigenvalue weighted by Crippen LogP contribution is -2.33. The first-order valence-electron chi connectivity index (χ1n) is 7.24. The lowest BCUT2D eigenvalue weighted by molar-refractivity contribution is -0.116. The van der Waals surface area contributed by atoms with Crippen molar-refractivity contribution >= 4 is 15.8 Å². The van der Waals surface area contributed by atoms with E-state index in [1.54, 1.807) is 49.4 Å². The minimum absolute atomic E-state index is 0.136. The average Bonchev–Trinajstić information content (AvgIpc) is 2.54. The van der Waals surface area contributed by atoms with Crippen molar-refractivity contribution in [2.75, 3.05) is 0 Å². The number of aryl methyl sites for hydroxylation is 1. The predicted octanol–water partition coefficient (Wildman–Crippen LogP) is 3.16. The summed E-state index contributed by atoms with van der Waals surface area (Å²) in [5.74, 6) is -0.311. The normalized spacial score (nSPS) is 13.1. The predicted molar refractivity (Wildman–Crippen MR) is 90.5 cm³/mol. The van der Waals surface area contributed by atoms with Gasteiger partial charge in [0.05, 0.1) is 4.90 Å². The van der Waals surface area contributed by atoms with E-state index >= 15 is 0 Å². The van der Waals surface area contributed by atoms with Crippen LogP contribution in [0.15, 0.2) is 71.6 Å². The van der Waals surface area contributed by atoms with Gasteiger partial charge in [0, 0.05) is 0 Å². The van der Waals surface area contributed by atoms with Gasteiger partial charge in [-0.1, -0.05) is 54.1 Å². The monoisotopic (exact) mass is 329 g/mol. The van der Waals surface area contributed by atoms with Crippen molar-refractivity contribution < 1.29 is 13.2 Å². The summed E-state index contributed by atoms with van der Waals surface area (Å²) < 4.78 is 27.6. The minimum atomic E-state index is -3.79. The molecule has 0 amide bonds. The van der Waals surface area contributed by atoms with Crippen molar-refractivity contribution in [2.45, 2.75) is 24.8 Å².